The van der Waals surface area contributed by atoms with Crippen LogP contribution in [0.1, 0.15) is 57.4 Å². The number of pyridine rings is 2. The number of carbonyl (C=O) groups is 2. The molecular formula is C31H28F2N8O2S. The minimum Gasteiger partial charge on any atom is -0.365 e. The van der Waals surface area contributed by atoms with Gasteiger partial charge in [0.15, 0.2) is 0 Å². The SMILES string of the molecule is CCn1cc(-c2cc(C(=O)Nc3c(C(N)=O)sc4nc(C(F)F)cc(-c5cn(CC)nc5C)c34)c3ccccc3n2)c(C)n1. The van der Waals surface area contributed by atoms with Crippen LogP contribution in [0.25, 0.3) is 43.5 Å². The van der Waals surface area contributed by atoms with Crippen LogP contribution in [0.2, 0.25) is 0 Å². The number of aromatic nitrogens is 6. The Bertz CT molecular complexity index is 2100. The molecule has 2 amide bonds. The van der Waals surface area contributed by atoms with Crippen LogP contribution in [-0.2, 0) is 13.1 Å². The number of thiophene rings is 1. The first kappa shape index (κ1) is 29.1. The lowest BCUT2D eigenvalue weighted by atomic mass is 10.0. The summed E-state index contributed by atoms with van der Waals surface area (Å²) in [7, 11) is 0. The number of fused-ring (bicyclic) bond motifs is 2. The van der Waals surface area contributed by atoms with E-state index in [4.69, 9.17) is 10.7 Å². The monoisotopic (exact) mass is 614 g/mol. The minimum atomic E-state index is -2.86. The Labute approximate surface area is 254 Å². The Morgan fingerprint density at radius 3 is 2.25 bits per heavy atom. The quantitative estimate of drug-likeness (QED) is 0.201. The molecule has 0 aliphatic carbocycles. The minimum absolute atomic E-state index is 0.00676. The van der Waals surface area contributed by atoms with Gasteiger partial charge in [-0.15, -0.1) is 11.3 Å². The van der Waals surface area contributed by atoms with E-state index in [1.807, 2.05) is 39.1 Å². The van der Waals surface area contributed by atoms with Crippen molar-refractivity contribution in [2.45, 2.75) is 47.2 Å². The highest BCUT2D eigenvalue weighted by Crippen LogP contribution is 2.43. The maximum Gasteiger partial charge on any atom is 0.280 e. The fourth-order valence-corrected chi connectivity index (χ4v) is 6.31. The van der Waals surface area contributed by atoms with E-state index < -0.39 is 23.9 Å². The Hall–Kier alpha value is -5.04. The van der Waals surface area contributed by atoms with Gasteiger partial charge < -0.3 is 11.1 Å². The molecule has 5 heterocycles. The topological polar surface area (TPSA) is 134 Å². The van der Waals surface area contributed by atoms with E-state index in [0.717, 1.165) is 22.6 Å². The van der Waals surface area contributed by atoms with Crippen LogP contribution < -0.4 is 11.1 Å². The van der Waals surface area contributed by atoms with Gasteiger partial charge in [0.25, 0.3) is 18.2 Å². The third-order valence-corrected chi connectivity index (χ3v) is 8.53. The molecule has 44 heavy (non-hydrogen) atoms. The van der Waals surface area contributed by atoms with E-state index in [9.17, 15) is 18.4 Å². The summed E-state index contributed by atoms with van der Waals surface area (Å²) in [5.41, 5.74) is 9.94. The average molecular weight is 615 g/mol. The molecule has 1 aromatic carbocycles. The van der Waals surface area contributed by atoms with Crippen molar-refractivity contribution in [3.8, 4) is 22.4 Å². The van der Waals surface area contributed by atoms with Gasteiger partial charge in [0, 0.05) is 47.4 Å². The Morgan fingerprint density at radius 2 is 1.61 bits per heavy atom. The van der Waals surface area contributed by atoms with Crippen molar-refractivity contribution in [2.24, 2.45) is 5.73 Å². The second kappa shape index (κ2) is 11.2. The Kier molecular flexibility index (Phi) is 7.41. The van der Waals surface area contributed by atoms with E-state index in [2.05, 4.69) is 20.5 Å². The highest BCUT2D eigenvalue weighted by atomic mass is 32.1. The molecule has 0 aliphatic heterocycles. The molecule has 3 N–H and O–H groups in total. The standard InChI is InChI=1S/C31H28F2N8O2S/c1-5-40-13-20(15(3)38-40)18-11-24(28(32)33)36-31-25(18)26(27(44-31)29(34)42)37-30(43)19-12-23(21-14-41(6-2)39-16(21)4)35-22-10-8-7-9-17(19)22/h7-14,28H,5-6H2,1-4H3,(H2,34,42)(H,37,43). The van der Waals surface area contributed by atoms with Crippen molar-refractivity contribution in [3.05, 3.63) is 76.3 Å². The predicted octanol–water partition coefficient (Wildman–Crippen LogP) is 6.52. The van der Waals surface area contributed by atoms with Crippen LogP contribution in [0.4, 0.5) is 14.5 Å². The summed E-state index contributed by atoms with van der Waals surface area (Å²) in [6, 6.07) is 10.2. The molecule has 0 radical (unpaired) electrons. The van der Waals surface area contributed by atoms with Crippen molar-refractivity contribution in [2.75, 3.05) is 5.32 Å². The number of aryl methyl sites for hydroxylation is 4. The van der Waals surface area contributed by atoms with Crippen LogP contribution in [0.3, 0.4) is 0 Å². The summed E-state index contributed by atoms with van der Waals surface area (Å²) in [5, 5.41) is 12.8. The van der Waals surface area contributed by atoms with Gasteiger partial charge in [-0.3, -0.25) is 19.0 Å². The number of rotatable bonds is 8. The van der Waals surface area contributed by atoms with Crippen molar-refractivity contribution in [1.82, 2.24) is 29.5 Å². The summed E-state index contributed by atoms with van der Waals surface area (Å²) in [6.07, 6.45) is 0.760. The number of amides is 2. The van der Waals surface area contributed by atoms with E-state index in [1.54, 1.807) is 40.7 Å². The zero-order valence-corrected chi connectivity index (χ0v) is 25.2. The number of benzene rings is 1. The van der Waals surface area contributed by atoms with Gasteiger partial charge in [0.1, 0.15) is 15.4 Å². The molecule has 0 saturated heterocycles. The molecule has 0 fully saturated rings. The van der Waals surface area contributed by atoms with Gasteiger partial charge in [-0.25, -0.2) is 18.7 Å². The number of hydrogen-bond acceptors (Lipinski definition) is 7. The lowest BCUT2D eigenvalue weighted by molar-refractivity contribution is 0.100. The summed E-state index contributed by atoms with van der Waals surface area (Å²) in [6.45, 7) is 8.76. The zero-order chi connectivity index (χ0) is 31.3. The van der Waals surface area contributed by atoms with E-state index in [0.29, 0.717) is 57.5 Å². The van der Waals surface area contributed by atoms with Gasteiger partial charge in [-0.2, -0.15) is 10.2 Å². The number of halogens is 2. The van der Waals surface area contributed by atoms with Crippen molar-refractivity contribution < 1.29 is 18.4 Å². The molecule has 0 atom stereocenters. The number of para-hydroxylation sites is 1. The summed E-state index contributed by atoms with van der Waals surface area (Å²) < 4.78 is 31.5. The molecule has 0 spiro atoms. The van der Waals surface area contributed by atoms with E-state index in [1.165, 1.54) is 6.07 Å². The first-order valence-electron chi connectivity index (χ1n) is 13.9. The first-order chi connectivity index (χ1) is 21.1. The van der Waals surface area contributed by atoms with Crippen LogP contribution in [0.5, 0.6) is 0 Å². The molecule has 10 nitrogen and oxygen atoms in total. The number of nitrogens with one attached hydrogen (secondary N) is 1. The fourth-order valence-electron chi connectivity index (χ4n) is 5.29. The van der Waals surface area contributed by atoms with Gasteiger partial charge in [0.2, 0.25) is 0 Å². The van der Waals surface area contributed by atoms with Crippen LogP contribution in [-0.4, -0.2) is 41.3 Å². The fraction of sp³-hybridized carbons (Fsp3) is 0.226. The number of nitrogens with two attached hydrogens (primary N) is 1. The zero-order valence-electron chi connectivity index (χ0n) is 24.4. The molecule has 6 aromatic rings. The molecule has 6 rings (SSSR count). The highest BCUT2D eigenvalue weighted by Gasteiger charge is 2.27. The Balaban J connectivity index is 1.56. The van der Waals surface area contributed by atoms with Gasteiger partial charge in [-0.05, 0) is 51.5 Å². The lowest BCUT2D eigenvalue weighted by Gasteiger charge is -2.12. The number of alkyl halides is 2. The van der Waals surface area contributed by atoms with Crippen molar-refractivity contribution in [1.29, 1.82) is 0 Å². The van der Waals surface area contributed by atoms with E-state index in [-0.39, 0.29) is 15.4 Å². The summed E-state index contributed by atoms with van der Waals surface area (Å²) >= 11 is 0.855. The molecule has 0 aliphatic rings. The number of anilines is 1. The van der Waals surface area contributed by atoms with E-state index >= 15 is 0 Å². The number of carbonyl (C=O) groups excluding carboxylic acids is 2. The van der Waals surface area contributed by atoms with Gasteiger partial charge >= 0.3 is 0 Å². The molecule has 0 saturated carbocycles. The van der Waals surface area contributed by atoms with Crippen molar-refractivity contribution >= 4 is 50.0 Å². The molecular weight excluding hydrogens is 586 g/mol. The second-order valence-electron chi connectivity index (χ2n) is 10.2. The van der Waals surface area contributed by atoms with Crippen molar-refractivity contribution in [3.63, 3.8) is 0 Å². The smallest absolute Gasteiger partial charge is 0.280 e. The van der Waals surface area contributed by atoms with Crippen LogP contribution in [0.15, 0.2) is 48.8 Å². The Morgan fingerprint density at radius 1 is 0.955 bits per heavy atom. The molecule has 0 unspecified atom stereocenters. The molecule has 13 heteroatoms. The van der Waals surface area contributed by atoms with Crippen LogP contribution in [0, 0.1) is 13.8 Å². The van der Waals surface area contributed by atoms with Gasteiger partial charge in [0.05, 0.1) is 33.8 Å². The molecule has 5 aromatic heterocycles. The van der Waals surface area contributed by atoms with Gasteiger partial charge in [-0.1, -0.05) is 18.2 Å². The number of hydrogen-bond donors (Lipinski definition) is 2. The summed E-state index contributed by atoms with van der Waals surface area (Å²) in [4.78, 5) is 35.9. The number of primary amides is 1. The maximum atomic E-state index is 14.2. The first-order valence-corrected chi connectivity index (χ1v) is 14.8. The largest absolute Gasteiger partial charge is 0.365 e. The predicted molar refractivity (Wildman–Crippen MR) is 166 cm³/mol. The van der Waals surface area contributed by atoms with Crippen LogP contribution >= 0.6 is 11.3 Å². The molecule has 0 bridgehead atoms. The number of nitrogens with zero attached hydrogens (tertiary/aromatic N) is 6. The third kappa shape index (κ3) is 4.98. The third-order valence-electron chi connectivity index (χ3n) is 7.44. The summed E-state index contributed by atoms with van der Waals surface area (Å²) in [5.74, 6) is -1.35. The maximum absolute atomic E-state index is 14.2. The average Bonchev–Trinajstić information content (AvgIpc) is 3.70. The highest BCUT2D eigenvalue weighted by molar-refractivity contribution is 7.21. The normalized spacial score (nSPS) is 11.6. The lowest BCUT2D eigenvalue weighted by Crippen LogP contribution is -2.17. The second-order valence-corrected chi connectivity index (χ2v) is 11.2. The molecule has 224 valence electrons.